The van der Waals surface area contributed by atoms with E-state index in [1.54, 1.807) is 4.90 Å². The Morgan fingerprint density at radius 1 is 0.784 bits per heavy atom. The Hall–Kier alpha value is -3.80. The molecule has 1 atom stereocenters. The van der Waals surface area contributed by atoms with Crippen molar-refractivity contribution in [1.82, 2.24) is 4.90 Å². The van der Waals surface area contributed by atoms with E-state index in [1.807, 2.05) is 80.7 Å². The van der Waals surface area contributed by atoms with Crippen LogP contribution in [0.15, 0.2) is 78.9 Å². The van der Waals surface area contributed by atoms with Crippen LogP contribution in [0.1, 0.15) is 42.4 Å². The third-order valence-electron chi connectivity index (χ3n) is 6.29. The molecule has 0 aliphatic rings. The van der Waals surface area contributed by atoms with Gasteiger partial charge in [0, 0.05) is 13.6 Å². The normalized spacial score (nSPS) is 11.4. The van der Waals surface area contributed by atoms with Crippen LogP contribution in [0.5, 0.6) is 11.5 Å². The molecule has 0 saturated carbocycles. The molecule has 0 spiro atoms. The monoisotopic (exact) mass is 503 g/mol. The van der Waals surface area contributed by atoms with E-state index in [4.69, 9.17) is 14.2 Å². The van der Waals surface area contributed by atoms with Crippen molar-refractivity contribution in [2.24, 2.45) is 0 Å². The zero-order valence-corrected chi connectivity index (χ0v) is 22.0. The van der Waals surface area contributed by atoms with Crippen LogP contribution in [-0.2, 0) is 27.2 Å². The predicted molar refractivity (Wildman–Crippen MR) is 145 cm³/mol. The van der Waals surface area contributed by atoms with E-state index in [2.05, 4.69) is 12.1 Å². The number of amides is 1. The van der Waals surface area contributed by atoms with E-state index in [0.29, 0.717) is 26.2 Å². The SMILES string of the molecule is COC(=O)C(C)c1ccc(OCCCCOc2ccc(CC(=O)N(C)CCc3ccccc3)cc2)cc1. The van der Waals surface area contributed by atoms with Gasteiger partial charge in [0.15, 0.2) is 0 Å². The van der Waals surface area contributed by atoms with Gasteiger partial charge in [-0.1, -0.05) is 54.6 Å². The molecule has 37 heavy (non-hydrogen) atoms. The van der Waals surface area contributed by atoms with Gasteiger partial charge in [-0.25, -0.2) is 0 Å². The number of hydrogen-bond donors (Lipinski definition) is 0. The van der Waals surface area contributed by atoms with Crippen molar-refractivity contribution in [1.29, 1.82) is 0 Å². The van der Waals surface area contributed by atoms with Gasteiger partial charge in [-0.3, -0.25) is 9.59 Å². The Morgan fingerprint density at radius 3 is 1.92 bits per heavy atom. The highest BCUT2D eigenvalue weighted by molar-refractivity contribution is 5.78. The summed E-state index contributed by atoms with van der Waals surface area (Å²) in [6, 6.07) is 25.5. The minimum Gasteiger partial charge on any atom is -0.494 e. The molecular formula is C31H37NO5. The predicted octanol–water partition coefficient (Wildman–Crippen LogP) is 5.44. The number of likely N-dealkylation sites (N-methyl/N-ethyl adjacent to an activating group) is 1. The number of esters is 1. The molecular weight excluding hydrogens is 466 g/mol. The summed E-state index contributed by atoms with van der Waals surface area (Å²) in [6.45, 7) is 3.71. The maximum Gasteiger partial charge on any atom is 0.312 e. The van der Waals surface area contributed by atoms with E-state index < -0.39 is 0 Å². The van der Waals surface area contributed by atoms with Crippen LogP contribution >= 0.6 is 0 Å². The van der Waals surface area contributed by atoms with Gasteiger partial charge in [0.05, 0.1) is 32.7 Å². The van der Waals surface area contributed by atoms with Crippen molar-refractivity contribution in [3.05, 3.63) is 95.6 Å². The highest BCUT2D eigenvalue weighted by Gasteiger charge is 2.15. The molecule has 0 heterocycles. The Labute approximate surface area is 220 Å². The molecule has 0 aliphatic heterocycles. The van der Waals surface area contributed by atoms with Crippen molar-refractivity contribution in [3.8, 4) is 11.5 Å². The standard InChI is InChI=1S/C31H37NO5/c1-24(31(34)35-3)27-13-17-29(18-14-27)37-22-8-7-21-36-28-15-11-26(12-16-28)23-30(33)32(2)20-19-25-9-5-4-6-10-25/h4-6,9-18,24H,7-8,19-23H2,1-3H3. The van der Waals surface area contributed by atoms with Gasteiger partial charge in [-0.05, 0) is 67.1 Å². The van der Waals surface area contributed by atoms with Crippen molar-refractivity contribution in [2.45, 2.75) is 38.5 Å². The summed E-state index contributed by atoms with van der Waals surface area (Å²) in [4.78, 5) is 26.0. The molecule has 0 bridgehead atoms. The number of hydrogen-bond acceptors (Lipinski definition) is 5. The fourth-order valence-electron chi connectivity index (χ4n) is 3.83. The maximum absolute atomic E-state index is 12.5. The highest BCUT2D eigenvalue weighted by Crippen LogP contribution is 2.20. The lowest BCUT2D eigenvalue weighted by atomic mass is 10.0. The van der Waals surface area contributed by atoms with Gasteiger partial charge >= 0.3 is 5.97 Å². The number of carbonyl (C=O) groups is 2. The molecule has 3 aromatic rings. The molecule has 0 saturated heterocycles. The molecule has 0 fully saturated rings. The minimum atomic E-state index is -0.294. The van der Waals surface area contributed by atoms with Gasteiger partial charge in [0.1, 0.15) is 11.5 Å². The summed E-state index contributed by atoms with van der Waals surface area (Å²) in [6.07, 6.45) is 2.96. The van der Waals surface area contributed by atoms with Gasteiger partial charge < -0.3 is 19.1 Å². The summed E-state index contributed by atoms with van der Waals surface area (Å²) in [5.41, 5.74) is 3.11. The quantitative estimate of drug-likeness (QED) is 0.216. The Bertz CT molecular complexity index is 1100. The fraction of sp³-hybridized carbons (Fsp3) is 0.355. The highest BCUT2D eigenvalue weighted by atomic mass is 16.5. The molecule has 3 aromatic carbocycles. The third kappa shape index (κ3) is 9.30. The lowest BCUT2D eigenvalue weighted by Crippen LogP contribution is -2.30. The van der Waals surface area contributed by atoms with Crippen LogP contribution in [0.3, 0.4) is 0 Å². The summed E-state index contributed by atoms with van der Waals surface area (Å²) in [5.74, 6) is 1.13. The molecule has 1 unspecified atom stereocenters. The second kappa shape index (κ2) is 14.7. The van der Waals surface area contributed by atoms with E-state index >= 15 is 0 Å². The van der Waals surface area contributed by atoms with E-state index in [0.717, 1.165) is 41.9 Å². The van der Waals surface area contributed by atoms with Crippen molar-refractivity contribution >= 4 is 11.9 Å². The van der Waals surface area contributed by atoms with Crippen molar-refractivity contribution in [2.75, 3.05) is 33.9 Å². The first kappa shape index (κ1) is 27.8. The first-order valence-electron chi connectivity index (χ1n) is 12.8. The van der Waals surface area contributed by atoms with Gasteiger partial charge in [0.25, 0.3) is 0 Å². The van der Waals surface area contributed by atoms with Gasteiger partial charge in [-0.2, -0.15) is 0 Å². The lowest BCUT2D eigenvalue weighted by Gasteiger charge is -2.17. The van der Waals surface area contributed by atoms with Crippen molar-refractivity contribution < 1.29 is 23.8 Å². The average Bonchev–Trinajstić information content (AvgIpc) is 2.94. The molecule has 3 rings (SSSR count). The molecule has 6 nitrogen and oxygen atoms in total. The second-order valence-corrected chi connectivity index (χ2v) is 9.09. The van der Waals surface area contributed by atoms with E-state index in [1.165, 1.54) is 12.7 Å². The number of ether oxygens (including phenoxy) is 3. The van der Waals surface area contributed by atoms with Crippen LogP contribution in [0.2, 0.25) is 0 Å². The Morgan fingerprint density at radius 2 is 1.35 bits per heavy atom. The van der Waals surface area contributed by atoms with E-state index in [9.17, 15) is 9.59 Å². The van der Waals surface area contributed by atoms with Gasteiger partial charge in [0.2, 0.25) is 5.91 Å². The number of benzene rings is 3. The van der Waals surface area contributed by atoms with Crippen molar-refractivity contribution in [3.63, 3.8) is 0 Å². The summed E-state index contributed by atoms with van der Waals surface area (Å²) < 4.78 is 16.4. The largest absolute Gasteiger partial charge is 0.494 e. The third-order valence-corrected chi connectivity index (χ3v) is 6.29. The first-order chi connectivity index (χ1) is 18.0. The van der Waals surface area contributed by atoms with Crippen LogP contribution in [0, 0.1) is 0 Å². The molecule has 1 amide bonds. The molecule has 0 aliphatic carbocycles. The summed E-state index contributed by atoms with van der Waals surface area (Å²) >= 11 is 0. The van der Waals surface area contributed by atoms with Crippen LogP contribution < -0.4 is 9.47 Å². The number of nitrogens with zero attached hydrogens (tertiary/aromatic N) is 1. The number of carbonyl (C=O) groups excluding carboxylic acids is 2. The second-order valence-electron chi connectivity index (χ2n) is 9.09. The zero-order chi connectivity index (χ0) is 26.5. The number of rotatable bonds is 14. The molecule has 0 N–H and O–H groups in total. The number of unbranched alkanes of at least 4 members (excludes halogenated alkanes) is 1. The molecule has 0 radical (unpaired) electrons. The topological polar surface area (TPSA) is 65.1 Å². The smallest absolute Gasteiger partial charge is 0.312 e. The molecule has 6 heteroatoms. The summed E-state index contributed by atoms with van der Waals surface area (Å²) in [5, 5.41) is 0. The van der Waals surface area contributed by atoms with Crippen LogP contribution in [0.4, 0.5) is 0 Å². The number of methoxy groups -OCH3 is 1. The minimum absolute atomic E-state index is 0.109. The van der Waals surface area contributed by atoms with Crippen LogP contribution in [-0.4, -0.2) is 50.7 Å². The summed E-state index contributed by atoms with van der Waals surface area (Å²) in [7, 11) is 3.25. The fourth-order valence-corrected chi connectivity index (χ4v) is 3.83. The average molecular weight is 504 g/mol. The Balaban J connectivity index is 1.30. The Kier molecular flexibility index (Phi) is 11.0. The molecule has 196 valence electrons. The van der Waals surface area contributed by atoms with Crippen LogP contribution in [0.25, 0.3) is 0 Å². The van der Waals surface area contributed by atoms with E-state index in [-0.39, 0.29) is 17.8 Å². The zero-order valence-electron chi connectivity index (χ0n) is 22.0. The maximum atomic E-state index is 12.5. The lowest BCUT2D eigenvalue weighted by molar-refractivity contribution is -0.142. The first-order valence-corrected chi connectivity index (χ1v) is 12.8. The molecule has 0 aromatic heterocycles. The van der Waals surface area contributed by atoms with Gasteiger partial charge in [-0.15, -0.1) is 0 Å².